The first-order valence-electron chi connectivity index (χ1n) is 8.91. The fourth-order valence-electron chi connectivity index (χ4n) is 2.82. The van der Waals surface area contributed by atoms with E-state index in [1.54, 1.807) is 30.1 Å². The summed E-state index contributed by atoms with van der Waals surface area (Å²) in [4.78, 5) is 12.9. The van der Waals surface area contributed by atoms with Crippen LogP contribution in [0.4, 0.5) is 4.39 Å². The Kier molecular flexibility index (Phi) is 5.29. The summed E-state index contributed by atoms with van der Waals surface area (Å²) in [6, 6.07) is 13.7. The van der Waals surface area contributed by atoms with E-state index in [0.29, 0.717) is 16.5 Å². The van der Waals surface area contributed by atoms with Crippen molar-refractivity contribution in [2.75, 3.05) is 7.11 Å². The van der Waals surface area contributed by atoms with Crippen LogP contribution in [0.25, 0.3) is 5.69 Å². The van der Waals surface area contributed by atoms with Crippen molar-refractivity contribution in [3.05, 3.63) is 66.2 Å². The van der Waals surface area contributed by atoms with Gasteiger partial charge in [0, 0.05) is 6.04 Å². The van der Waals surface area contributed by atoms with Gasteiger partial charge in [-0.05, 0) is 42.7 Å². The number of amides is 1. The molecule has 6 nitrogen and oxygen atoms in total. The molecule has 8 heteroatoms. The molecule has 0 saturated heterocycles. The van der Waals surface area contributed by atoms with Gasteiger partial charge >= 0.3 is 0 Å². The molecule has 1 fully saturated rings. The van der Waals surface area contributed by atoms with Gasteiger partial charge in [-0.25, -0.2) is 4.39 Å². The van der Waals surface area contributed by atoms with Crippen LogP contribution in [0.5, 0.6) is 5.75 Å². The largest absolute Gasteiger partial charge is 0.495 e. The van der Waals surface area contributed by atoms with Gasteiger partial charge in [-0.1, -0.05) is 36.0 Å². The highest BCUT2D eigenvalue weighted by atomic mass is 32.2. The number of aromatic nitrogens is 3. The summed E-state index contributed by atoms with van der Waals surface area (Å²) in [5.74, 6) is 0.214. The fourth-order valence-corrected chi connectivity index (χ4v) is 3.85. The van der Waals surface area contributed by atoms with E-state index in [-0.39, 0.29) is 17.8 Å². The van der Waals surface area contributed by atoms with Gasteiger partial charge in [-0.3, -0.25) is 9.36 Å². The Hall–Kier alpha value is -2.87. The number of nitrogens with one attached hydrogen (secondary N) is 1. The van der Waals surface area contributed by atoms with Crippen LogP contribution in [-0.2, 0) is 4.79 Å². The zero-order chi connectivity index (χ0) is 19.5. The Bertz CT molecular complexity index is 972. The van der Waals surface area contributed by atoms with Gasteiger partial charge in [-0.2, -0.15) is 0 Å². The van der Waals surface area contributed by atoms with Crippen LogP contribution in [0, 0.1) is 5.82 Å². The van der Waals surface area contributed by atoms with Gasteiger partial charge in [-0.15, -0.1) is 10.2 Å². The van der Waals surface area contributed by atoms with Crippen molar-refractivity contribution < 1.29 is 13.9 Å². The highest BCUT2D eigenvalue weighted by Crippen LogP contribution is 2.37. The maximum Gasteiger partial charge on any atom is 0.238 e. The average Bonchev–Trinajstić information content (AvgIpc) is 3.41. The summed E-state index contributed by atoms with van der Waals surface area (Å²) in [6.45, 7) is 0. The van der Waals surface area contributed by atoms with Crippen LogP contribution >= 0.6 is 11.8 Å². The van der Waals surface area contributed by atoms with Gasteiger partial charge in [0.2, 0.25) is 5.91 Å². The number of benzene rings is 2. The number of rotatable bonds is 7. The van der Waals surface area contributed by atoms with E-state index in [9.17, 15) is 9.18 Å². The van der Waals surface area contributed by atoms with E-state index in [1.807, 2.05) is 24.3 Å². The fraction of sp³-hybridized carbons (Fsp3) is 0.250. The van der Waals surface area contributed by atoms with Crippen molar-refractivity contribution in [2.45, 2.75) is 29.3 Å². The predicted octanol–water partition coefficient (Wildman–Crippen LogP) is 3.53. The lowest BCUT2D eigenvalue weighted by atomic mass is 10.1. The smallest absolute Gasteiger partial charge is 0.238 e. The number of carbonyl (C=O) groups excluding carboxylic acids is 1. The van der Waals surface area contributed by atoms with Crippen molar-refractivity contribution in [1.29, 1.82) is 0 Å². The molecule has 1 unspecified atom stereocenters. The molecule has 144 valence electrons. The predicted molar refractivity (Wildman–Crippen MR) is 104 cm³/mol. The number of para-hydroxylation sites is 2. The van der Waals surface area contributed by atoms with Crippen molar-refractivity contribution in [1.82, 2.24) is 20.1 Å². The zero-order valence-electron chi connectivity index (χ0n) is 15.2. The molecule has 1 N–H and O–H groups in total. The molecule has 1 amide bonds. The molecule has 3 aromatic rings. The molecule has 0 aliphatic heterocycles. The third-order valence-corrected chi connectivity index (χ3v) is 5.63. The highest BCUT2D eigenvalue weighted by Gasteiger charge is 2.30. The Morgan fingerprint density at radius 1 is 1.25 bits per heavy atom. The van der Waals surface area contributed by atoms with Crippen LogP contribution in [-0.4, -0.2) is 33.8 Å². The molecule has 4 rings (SSSR count). The van der Waals surface area contributed by atoms with Crippen molar-refractivity contribution in [2.24, 2.45) is 0 Å². The number of ether oxygens (including phenoxy) is 1. The minimum absolute atomic E-state index is 0.117. The molecule has 1 aliphatic carbocycles. The second-order valence-electron chi connectivity index (χ2n) is 6.49. The Morgan fingerprint density at radius 3 is 2.71 bits per heavy atom. The second kappa shape index (κ2) is 8.02. The van der Waals surface area contributed by atoms with E-state index >= 15 is 0 Å². The van der Waals surface area contributed by atoms with Crippen LogP contribution in [0.2, 0.25) is 0 Å². The van der Waals surface area contributed by atoms with Crippen molar-refractivity contribution in [3.63, 3.8) is 0 Å². The molecule has 1 atom stereocenters. The lowest BCUT2D eigenvalue weighted by Gasteiger charge is -2.17. The molecule has 0 spiro atoms. The topological polar surface area (TPSA) is 69.0 Å². The van der Waals surface area contributed by atoms with Crippen molar-refractivity contribution in [3.8, 4) is 11.4 Å². The Morgan fingerprint density at radius 2 is 2.00 bits per heavy atom. The maximum absolute atomic E-state index is 13.4. The SMILES string of the molecule is COc1ccccc1-n1cnnc1SC(C(=O)NC1CC1)c1ccc(F)cc1. The number of hydrogen-bond acceptors (Lipinski definition) is 5. The van der Waals surface area contributed by atoms with Crippen LogP contribution < -0.4 is 10.1 Å². The van der Waals surface area contributed by atoms with Gasteiger partial charge in [0.1, 0.15) is 23.1 Å². The summed E-state index contributed by atoms with van der Waals surface area (Å²) < 4.78 is 20.6. The number of halogens is 1. The van der Waals surface area contributed by atoms with E-state index in [0.717, 1.165) is 18.5 Å². The summed E-state index contributed by atoms with van der Waals surface area (Å²) in [5, 5.41) is 11.2. The monoisotopic (exact) mass is 398 g/mol. The molecule has 1 aliphatic rings. The second-order valence-corrected chi connectivity index (χ2v) is 7.56. The molecule has 1 aromatic heterocycles. The van der Waals surface area contributed by atoms with E-state index in [4.69, 9.17) is 4.74 Å². The first-order chi connectivity index (χ1) is 13.7. The number of hydrogen-bond donors (Lipinski definition) is 1. The quantitative estimate of drug-likeness (QED) is 0.617. The molecule has 1 heterocycles. The first kappa shape index (κ1) is 18.5. The van der Waals surface area contributed by atoms with E-state index < -0.39 is 5.25 Å². The molecule has 28 heavy (non-hydrogen) atoms. The van der Waals surface area contributed by atoms with Crippen LogP contribution in [0.15, 0.2) is 60.0 Å². The Labute approximate surface area is 166 Å². The normalized spacial score (nSPS) is 14.5. The summed E-state index contributed by atoms with van der Waals surface area (Å²) in [7, 11) is 1.60. The molecule has 0 radical (unpaired) electrons. The maximum atomic E-state index is 13.4. The molecule has 1 saturated carbocycles. The average molecular weight is 398 g/mol. The standard InChI is InChI=1S/C20H19FN4O2S/c1-27-17-5-3-2-4-16(17)25-12-22-24-20(25)28-18(19(26)23-15-10-11-15)13-6-8-14(21)9-7-13/h2-9,12,15,18H,10-11H2,1H3,(H,23,26). The number of thioether (sulfide) groups is 1. The zero-order valence-corrected chi connectivity index (χ0v) is 16.0. The first-order valence-corrected chi connectivity index (χ1v) is 9.79. The van der Waals surface area contributed by atoms with Crippen LogP contribution in [0.1, 0.15) is 23.7 Å². The number of nitrogens with zero attached hydrogens (tertiary/aromatic N) is 3. The van der Waals surface area contributed by atoms with Gasteiger partial charge in [0.25, 0.3) is 0 Å². The number of methoxy groups -OCH3 is 1. The van der Waals surface area contributed by atoms with Gasteiger partial charge in [0.05, 0.1) is 12.8 Å². The van der Waals surface area contributed by atoms with E-state index in [2.05, 4.69) is 15.5 Å². The van der Waals surface area contributed by atoms with Gasteiger partial charge in [0.15, 0.2) is 5.16 Å². The minimum Gasteiger partial charge on any atom is -0.495 e. The molecular formula is C20H19FN4O2S. The molecular weight excluding hydrogens is 379 g/mol. The van der Waals surface area contributed by atoms with Gasteiger partial charge < -0.3 is 10.1 Å². The van der Waals surface area contributed by atoms with Crippen molar-refractivity contribution >= 4 is 17.7 Å². The lowest BCUT2D eigenvalue weighted by Crippen LogP contribution is -2.30. The van der Waals surface area contributed by atoms with Crippen LogP contribution in [0.3, 0.4) is 0 Å². The van der Waals surface area contributed by atoms with E-state index in [1.165, 1.54) is 23.9 Å². The molecule has 0 bridgehead atoms. The molecule has 2 aromatic carbocycles. The summed E-state index contributed by atoms with van der Waals surface area (Å²) >= 11 is 1.27. The summed E-state index contributed by atoms with van der Waals surface area (Å²) in [6.07, 6.45) is 3.56. The third kappa shape index (κ3) is 4.01. The highest BCUT2D eigenvalue weighted by molar-refractivity contribution is 8.00. The Balaban J connectivity index is 1.66. The minimum atomic E-state index is -0.571. The summed E-state index contributed by atoms with van der Waals surface area (Å²) in [5.41, 5.74) is 1.48. The number of carbonyl (C=O) groups is 1. The lowest BCUT2D eigenvalue weighted by molar-refractivity contribution is -0.120. The third-order valence-electron chi connectivity index (χ3n) is 4.42.